The Labute approximate surface area is 144 Å². The van der Waals surface area contributed by atoms with E-state index < -0.39 is 5.97 Å². The maximum atomic E-state index is 12.7. The summed E-state index contributed by atoms with van der Waals surface area (Å²) in [5, 5.41) is 4.27. The molecule has 0 radical (unpaired) electrons. The molecule has 0 saturated heterocycles. The van der Waals surface area contributed by atoms with Crippen molar-refractivity contribution in [3.8, 4) is 0 Å². The summed E-state index contributed by atoms with van der Waals surface area (Å²) in [6.07, 6.45) is 0. The van der Waals surface area contributed by atoms with Crippen LogP contribution in [0.2, 0.25) is 0 Å². The summed E-state index contributed by atoms with van der Waals surface area (Å²) in [4.78, 5) is 28.5. The molecule has 0 bridgehead atoms. The van der Waals surface area contributed by atoms with E-state index in [4.69, 9.17) is 5.73 Å². The monoisotopic (exact) mass is 335 g/mol. The topological polar surface area (TPSA) is 94.3 Å². The second-order valence-corrected chi connectivity index (χ2v) is 5.58. The van der Waals surface area contributed by atoms with E-state index in [1.165, 1.54) is 7.11 Å². The van der Waals surface area contributed by atoms with Gasteiger partial charge >= 0.3 is 5.97 Å². The van der Waals surface area contributed by atoms with Crippen molar-refractivity contribution >= 4 is 34.0 Å². The number of fused-ring (bicyclic) bond motifs is 1. The highest BCUT2D eigenvalue weighted by molar-refractivity contribution is 6.13. The first-order valence-corrected chi connectivity index (χ1v) is 7.65. The van der Waals surface area contributed by atoms with Crippen LogP contribution in [-0.2, 0) is 4.74 Å². The SMILES string of the molecule is COC(=O)c1ccc(NC(=O)c2nc(C)cc3c(N)cccc23)cc1. The van der Waals surface area contributed by atoms with Gasteiger partial charge in [0.25, 0.3) is 5.91 Å². The van der Waals surface area contributed by atoms with Crippen molar-refractivity contribution in [2.24, 2.45) is 0 Å². The summed E-state index contributed by atoms with van der Waals surface area (Å²) >= 11 is 0. The predicted octanol–water partition coefficient (Wildman–Crippen LogP) is 3.16. The highest BCUT2D eigenvalue weighted by Crippen LogP contribution is 2.24. The lowest BCUT2D eigenvalue weighted by Crippen LogP contribution is -2.15. The number of nitrogens with zero attached hydrogens (tertiary/aromatic N) is 1. The number of amides is 1. The van der Waals surface area contributed by atoms with E-state index in [-0.39, 0.29) is 5.91 Å². The second kappa shape index (κ2) is 6.60. The molecule has 3 N–H and O–H groups in total. The van der Waals surface area contributed by atoms with Crippen LogP contribution in [0.25, 0.3) is 10.8 Å². The molecule has 1 amide bonds. The number of pyridine rings is 1. The smallest absolute Gasteiger partial charge is 0.337 e. The molecule has 0 saturated carbocycles. The number of hydrogen-bond acceptors (Lipinski definition) is 5. The molecule has 0 aliphatic heterocycles. The molecule has 0 atom stereocenters. The molecule has 1 heterocycles. The van der Waals surface area contributed by atoms with Gasteiger partial charge in [-0.15, -0.1) is 0 Å². The minimum absolute atomic E-state index is 0.305. The fourth-order valence-corrected chi connectivity index (χ4v) is 2.60. The van der Waals surface area contributed by atoms with Crippen molar-refractivity contribution in [1.29, 1.82) is 0 Å². The fourth-order valence-electron chi connectivity index (χ4n) is 2.60. The normalized spacial score (nSPS) is 10.5. The van der Waals surface area contributed by atoms with E-state index in [1.54, 1.807) is 36.4 Å². The molecule has 2 aromatic carbocycles. The lowest BCUT2D eigenvalue weighted by atomic mass is 10.1. The summed E-state index contributed by atoms with van der Waals surface area (Å²) in [6, 6.07) is 13.7. The molecule has 126 valence electrons. The summed E-state index contributed by atoms with van der Waals surface area (Å²) in [5.41, 5.74) is 8.57. The number of ether oxygens (including phenoxy) is 1. The molecule has 6 heteroatoms. The lowest BCUT2D eigenvalue weighted by Gasteiger charge is -2.10. The summed E-state index contributed by atoms with van der Waals surface area (Å²) in [6.45, 7) is 1.81. The third-order valence-corrected chi connectivity index (χ3v) is 3.82. The van der Waals surface area contributed by atoms with E-state index in [0.29, 0.717) is 33.7 Å². The van der Waals surface area contributed by atoms with E-state index in [9.17, 15) is 9.59 Å². The number of carbonyl (C=O) groups is 2. The molecule has 0 spiro atoms. The van der Waals surface area contributed by atoms with Gasteiger partial charge in [-0.05, 0) is 43.3 Å². The highest BCUT2D eigenvalue weighted by atomic mass is 16.5. The molecule has 0 fully saturated rings. The number of carbonyl (C=O) groups excluding carboxylic acids is 2. The zero-order chi connectivity index (χ0) is 18.0. The van der Waals surface area contributed by atoms with Crippen LogP contribution >= 0.6 is 0 Å². The van der Waals surface area contributed by atoms with Gasteiger partial charge in [0.05, 0.1) is 12.7 Å². The van der Waals surface area contributed by atoms with E-state index in [1.807, 2.05) is 19.1 Å². The average molecular weight is 335 g/mol. The Bertz CT molecular complexity index is 966. The maximum Gasteiger partial charge on any atom is 0.337 e. The van der Waals surface area contributed by atoms with Gasteiger partial charge in [0.2, 0.25) is 0 Å². The molecular formula is C19H17N3O3. The largest absolute Gasteiger partial charge is 0.465 e. The fraction of sp³-hybridized carbons (Fsp3) is 0.105. The summed E-state index contributed by atoms with van der Waals surface area (Å²) < 4.78 is 4.65. The Kier molecular flexibility index (Phi) is 4.35. The number of nitrogens with two attached hydrogens (primary N) is 1. The molecule has 0 aliphatic rings. The van der Waals surface area contributed by atoms with Crippen LogP contribution in [0.4, 0.5) is 11.4 Å². The van der Waals surface area contributed by atoms with Crippen LogP contribution in [0.5, 0.6) is 0 Å². The highest BCUT2D eigenvalue weighted by Gasteiger charge is 2.15. The molecule has 3 aromatic rings. The number of esters is 1. The van der Waals surface area contributed by atoms with Crippen LogP contribution < -0.4 is 11.1 Å². The van der Waals surface area contributed by atoms with Gasteiger partial charge in [0, 0.05) is 27.8 Å². The number of rotatable bonds is 3. The average Bonchev–Trinajstić information content (AvgIpc) is 2.62. The first-order valence-electron chi connectivity index (χ1n) is 7.65. The van der Waals surface area contributed by atoms with Crippen LogP contribution in [0.1, 0.15) is 26.5 Å². The number of aryl methyl sites for hydroxylation is 1. The quantitative estimate of drug-likeness (QED) is 0.566. The van der Waals surface area contributed by atoms with Crippen molar-refractivity contribution in [3.05, 3.63) is 65.5 Å². The van der Waals surface area contributed by atoms with Crippen molar-refractivity contribution in [2.75, 3.05) is 18.2 Å². The van der Waals surface area contributed by atoms with Crippen LogP contribution in [0, 0.1) is 6.92 Å². The molecule has 1 aromatic heterocycles. The van der Waals surface area contributed by atoms with E-state index >= 15 is 0 Å². The number of methoxy groups -OCH3 is 1. The van der Waals surface area contributed by atoms with Crippen LogP contribution in [0.15, 0.2) is 48.5 Å². The van der Waals surface area contributed by atoms with E-state index in [0.717, 1.165) is 5.39 Å². The number of aromatic nitrogens is 1. The third kappa shape index (κ3) is 3.28. The molecular weight excluding hydrogens is 318 g/mol. The zero-order valence-electron chi connectivity index (χ0n) is 13.9. The maximum absolute atomic E-state index is 12.7. The Balaban J connectivity index is 1.93. The Morgan fingerprint density at radius 1 is 1.08 bits per heavy atom. The Morgan fingerprint density at radius 3 is 2.48 bits per heavy atom. The van der Waals surface area contributed by atoms with Gasteiger partial charge in [0.1, 0.15) is 5.69 Å². The standard InChI is InChI=1S/C19H17N3O3/c1-11-10-15-14(4-3-5-16(15)20)17(21-11)18(23)22-13-8-6-12(7-9-13)19(24)25-2/h3-10H,20H2,1-2H3,(H,22,23). The number of anilines is 2. The number of hydrogen-bond donors (Lipinski definition) is 2. The van der Waals surface area contributed by atoms with Crippen molar-refractivity contribution in [2.45, 2.75) is 6.92 Å². The van der Waals surface area contributed by atoms with E-state index in [2.05, 4.69) is 15.0 Å². The van der Waals surface area contributed by atoms with Crippen LogP contribution in [-0.4, -0.2) is 24.0 Å². The van der Waals surface area contributed by atoms with Gasteiger partial charge in [-0.1, -0.05) is 12.1 Å². The first kappa shape index (κ1) is 16.4. The molecule has 0 aliphatic carbocycles. The molecule has 3 rings (SSSR count). The van der Waals surface area contributed by atoms with Crippen LogP contribution in [0.3, 0.4) is 0 Å². The zero-order valence-corrected chi connectivity index (χ0v) is 13.9. The molecule has 25 heavy (non-hydrogen) atoms. The lowest BCUT2D eigenvalue weighted by molar-refractivity contribution is 0.0600. The van der Waals surface area contributed by atoms with Crippen molar-refractivity contribution in [3.63, 3.8) is 0 Å². The molecule has 0 unspecified atom stereocenters. The Hall–Kier alpha value is -3.41. The number of nitrogens with one attached hydrogen (secondary N) is 1. The van der Waals surface area contributed by atoms with Gasteiger partial charge in [-0.25, -0.2) is 9.78 Å². The number of benzene rings is 2. The third-order valence-electron chi connectivity index (χ3n) is 3.82. The van der Waals surface area contributed by atoms with Crippen molar-refractivity contribution < 1.29 is 14.3 Å². The van der Waals surface area contributed by atoms with Gasteiger partial charge in [-0.2, -0.15) is 0 Å². The summed E-state index contributed by atoms with van der Waals surface area (Å²) in [5.74, 6) is -0.773. The molecule has 6 nitrogen and oxygen atoms in total. The predicted molar refractivity (Wildman–Crippen MR) is 96.6 cm³/mol. The van der Waals surface area contributed by atoms with Crippen molar-refractivity contribution in [1.82, 2.24) is 4.98 Å². The van der Waals surface area contributed by atoms with Gasteiger partial charge in [-0.3, -0.25) is 4.79 Å². The summed E-state index contributed by atoms with van der Waals surface area (Å²) in [7, 11) is 1.32. The first-order chi connectivity index (χ1) is 12.0. The Morgan fingerprint density at radius 2 is 1.80 bits per heavy atom. The minimum Gasteiger partial charge on any atom is -0.465 e. The second-order valence-electron chi connectivity index (χ2n) is 5.58. The van der Waals surface area contributed by atoms with Gasteiger partial charge in [0.15, 0.2) is 0 Å². The van der Waals surface area contributed by atoms with Gasteiger partial charge < -0.3 is 15.8 Å². The number of nitrogen functional groups attached to an aromatic ring is 1. The minimum atomic E-state index is -0.431.